The van der Waals surface area contributed by atoms with Crippen LogP contribution in [0.15, 0.2) is 21.4 Å². The van der Waals surface area contributed by atoms with Crippen molar-refractivity contribution in [1.82, 2.24) is 15.6 Å². The van der Waals surface area contributed by atoms with Gasteiger partial charge in [0.1, 0.15) is 0 Å². The van der Waals surface area contributed by atoms with E-state index in [9.17, 15) is 9.59 Å². The van der Waals surface area contributed by atoms with Gasteiger partial charge in [-0.1, -0.05) is 0 Å². The van der Waals surface area contributed by atoms with Crippen molar-refractivity contribution in [3.05, 3.63) is 54.9 Å². The van der Waals surface area contributed by atoms with Gasteiger partial charge in [-0.25, -0.2) is 0 Å². The maximum Gasteiger partial charge on any atom is 0.253 e. The van der Waals surface area contributed by atoms with E-state index in [2.05, 4.69) is 31.5 Å². The summed E-state index contributed by atoms with van der Waals surface area (Å²) in [6.45, 7) is 9.57. The maximum absolute atomic E-state index is 13.0. The number of carbonyl (C=O) groups is 1. The largest absolute Gasteiger partial charge is 0.448 e. The van der Waals surface area contributed by atoms with Crippen molar-refractivity contribution in [1.29, 1.82) is 0 Å². The van der Waals surface area contributed by atoms with E-state index in [-0.39, 0.29) is 23.9 Å². The van der Waals surface area contributed by atoms with Gasteiger partial charge in [-0.2, -0.15) is 0 Å². The number of pyridine rings is 1. The summed E-state index contributed by atoms with van der Waals surface area (Å²) in [6.07, 6.45) is 1.94. The molecule has 2 aliphatic rings. The number of amides is 1. The van der Waals surface area contributed by atoms with Crippen LogP contribution in [0.3, 0.4) is 0 Å². The highest BCUT2D eigenvalue weighted by Gasteiger charge is 2.46. The zero-order chi connectivity index (χ0) is 22.3. The summed E-state index contributed by atoms with van der Waals surface area (Å²) in [5.41, 5.74) is 3.23. The SMILES string of the molecule is Cc1cc(C)c(CNC(=O)c2cc(Br)c3c(c2C)O[C@@](C)(C2CCNCC2)O3)c(=O)[nH]1. The summed E-state index contributed by atoms with van der Waals surface area (Å²) in [4.78, 5) is 28.0. The molecule has 1 atom stereocenters. The third-order valence-corrected chi connectivity index (χ3v) is 6.88. The predicted molar refractivity (Wildman–Crippen MR) is 122 cm³/mol. The number of hydrogen-bond donors (Lipinski definition) is 3. The number of aromatic amines is 1. The van der Waals surface area contributed by atoms with Gasteiger partial charge < -0.3 is 25.1 Å². The van der Waals surface area contributed by atoms with Gasteiger partial charge in [-0.05, 0) is 80.3 Å². The van der Waals surface area contributed by atoms with Gasteiger partial charge in [0.25, 0.3) is 17.3 Å². The minimum atomic E-state index is -0.751. The number of H-pyrrole nitrogens is 1. The van der Waals surface area contributed by atoms with Crippen LogP contribution in [0.4, 0.5) is 0 Å². The molecule has 1 saturated heterocycles. The van der Waals surface area contributed by atoms with Crippen molar-refractivity contribution >= 4 is 21.8 Å². The lowest BCUT2D eigenvalue weighted by molar-refractivity contribution is -0.118. The highest BCUT2D eigenvalue weighted by atomic mass is 79.9. The first kappa shape index (κ1) is 21.9. The van der Waals surface area contributed by atoms with E-state index in [1.165, 1.54) is 0 Å². The number of piperidine rings is 1. The van der Waals surface area contributed by atoms with Gasteiger partial charge in [-0.15, -0.1) is 0 Å². The summed E-state index contributed by atoms with van der Waals surface area (Å²) in [6, 6.07) is 3.65. The summed E-state index contributed by atoms with van der Waals surface area (Å²) in [5, 5.41) is 6.24. The summed E-state index contributed by atoms with van der Waals surface area (Å²) in [5.74, 6) is 0.491. The normalized spacial score (nSPS) is 20.7. The second-order valence-electron chi connectivity index (χ2n) is 8.56. The molecule has 166 valence electrons. The zero-order valence-corrected chi connectivity index (χ0v) is 19.9. The number of nitrogens with one attached hydrogen (secondary N) is 3. The second kappa shape index (κ2) is 8.31. The van der Waals surface area contributed by atoms with Crippen molar-refractivity contribution in [2.24, 2.45) is 5.92 Å². The zero-order valence-electron chi connectivity index (χ0n) is 18.3. The summed E-state index contributed by atoms with van der Waals surface area (Å²) in [7, 11) is 0. The van der Waals surface area contributed by atoms with Crippen molar-refractivity contribution < 1.29 is 14.3 Å². The lowest BCUT2D eigenvalue weighted by Crippen LogP contribution is -2.47. The molecule has 0 aliphatic carbocycles. The minimum Gasteiger partial charge on any atom is -0.448 e. The van der Waals surface area contributed by atoms with Crippen molar-refractivity contribution in [3.63, 3.8) is 0 Å². The average Bonchev–Trinajstić information content (AvgIpc) is 3.10. The number of carbonyl (C=O) groups excluding carboxylic acids is 1. The molecule has 2 aliphatic heterocycles. The number of aromatic nitrogens is 1. The minimum absolute atomic E-state index is 0.151. The lowest BCUT2D eigenvalue weighted by Gasteiger charge is -2.35. The average molecular weight is 490 g/mol. The molecule has 0 radical (unpaired) electrons. The lowest BCUT2D eigenvalue weighted by atomic mass is 9.90. The van der Waals surface area contributed by atoms with Crippen molar-refractivity contribution in [2.75, 3.05) is 13.1 Å². The molecule has 7 nitrogen and oxygen atoms in total. The van der Waals surface area contributed by atoms with Crippen LogP contribution in [0.5, 0.6) is 11.5 Å². The Morgan fingerprint density at radius 3 is 2.55 bits per heavy atom. The third kappa shape index (κ3) is 4.11. The summed E-state index contributed by atoms with van der Waals surface area (Å²) >= 11 is 3.55. The molecular formula is C23H28BrN3O4. The molecule has 1 amide bonds. The molecule has 3 N–H and O–H groups in total. The Labute approximate surface area is 190 Å². The van der Waals surface area contributed by atoms with E-state index in [1.807, 2.05) is 33.8 Å². The number of ether oxygens (including phenoxy) is 2. The number of hydrogen-bond acceptors (Lipinski definition) is 5. The molecule has 2 aromatic rings. The third-order valence-electron chi connectivity index (χ3n) is 6.29. The molecule has 4 rings (SSSR count). The Hall–Kier alpha value is -2.32. The van der Waals surface area contributed by atoms with Crippen LogP contribution in [-0.4, -0.2) is 29.8 Å². The van der Waals surface area contributed by atoms with Gasteiger partial charge >= 0.3 is 0 Å². The highest BCUT2D eigenvalue weighted by Crippen LogP contribution is 2.50. The van der Waals surface area contributed by atoms with Crippen LogP contribution in [0.1, 0.15) is 52.5 Å². The smallest absolute Gasteiger partial charge is 0.253 e. The maximum atomic E-state index is 13.0. The van der Waals surface area contributed by atoms with E-state index < -0.39 is 5.79 Å². The Balaban J connectivity index is 1.56. The van der Waals surface area contributed by atoms with Gasteiger partial charge in [0, 0.05) is 41.8 Å². The second-order valence-corrected chi connectivity index (χ2v) is 9.41. The van der Waals surface area contributed by atoms with Gasteiger partial charge in [-0.3, -0.25) is 9.59 Å². The van der Waals surface area contributed by atoms with Crippen LogP contribution in [0, 0.1) is 26.7 Å². The quantitative estimate of drug-likeness (QED) is 0.611. The summed E-state index contributed by atoms with van der Waals surface area (Å²) < 4.78 is 13.3. The van der Waals surface area contributed by atoms with Gasteiger partial charge in [0.15, 0.2) is 11.5 Å². The standard InChI is InChI=1S/C23H28BrN3O4/c1-12-9-13(2)27-22(29)17(12)11-26-21(28)16-10-18(24)20-19(14(16)3)30-23(4,31-20)15-5-7-25-8-6-15/h9-10,15,25H,5-8,11H2,1-4H3,(H,26,28)(H,27,29)/t23-/m1/s1. The Morgan fingerprint density at radius 1 is 1.19 bits per heavy atom. The van der Waals surface area contributed by atoms with Crippen molar-refractivity contribution in [2.45, 2.75) is 52.9 Å². The molecule has 0 bridgehead atoms. The fraction of sp³-hybridized carbons (Fsp3) is 0.478. The number of halogens is 1. The molecule has 0 saturated carbocycles. The number of aryl methyl sites for hydroxylation is 2. The molecule has 1 fully saturated rings. The van der Waals surface area contributed by atoms with Crippen LogP contribution in [0.25, 0.3) is 0 Å². The molecular weight excluding hydrogens is 462 g/mol. The van der Waals surface area contributed by atoms with E-state index >= 15 is 0 Å². The van der Waals surface area contributed by atoms with Crippen LogP contribution >= 0.6 is 15.9 Å². The Kier molecular flexibility index (Phi) is 5.87. The highest BCUT2D eigenvalue weighted by molar-refractivity contribution is 9.10. The molecule has 0 spiro atoms. The topological polar surface area (TPSA) is 92.4 Å². The van der Waals surface area contributed by atoms with E-state index in [1.54, 1.807) is 6.07 Å². The van der Waals surface area contributed by atoms with Crippen LogP contribution in [0.2, 0.25) is 0 Å². The predicted octanol–water partition coefficient (Wildman–Crippen LogP) is 3.48. The van der Waals surface area contributed by atoms with E-state index in [4.69, 9.17) is 9.47 Å². The Bertz CT molecular complexity index is 1090. The Morgan fingerprint density at radius 2 is 1.87 bits per heavy atom. The fourth-order valence-corrected chi connectivity index (χ4v) is 4.95. The van der Waals surface area contributed by atoms with Crippen LogP contribution < -0.4 is 25.7 Å². The van der Waals surface area contributed by atoms with Crippen molar-refractivity contribution in [3.8, 4) is 11.5 Å². The molecule has 31 heavy (non-hydrogen) atoms. The number of benzene rings is 1. The number of fused-ring (bicyclic) bond motifs is 1. The van der Waals surface area contributed by atoms with Crippen LogP contribution in [-0.2, 0) is 6.54 Å². The first-order valence-corrected chi connectivity index (χ1v) is 11.4. The first-order chi connectivity index (χ1) is 14.7. The first-order valence-electron chi connectivity index (χ1n) is 10.6. The van der Waals surface area contributed by atoms with E-state index in [0.29, 0.717) is 27.1 Å². The number of rotatable bonds is 4. The molecule has 8 heteroatoms. The van der Waals surface area contributed by atoms with Gasteiger partial charge in [0.05, 0.1) is 4.47 Å². The van der Waals surface area contributed by atoms with E-state index in [0.717, 1.165) is 42.8 Å². The molecule has 1 aromatic carbocycles. The molecule has 3 heterocycles. The molecule has 0 unspecified atom stereocenters. The monoisotopic (exact) mass is 489 g/mol. The fourth-order valence-electron chi connectivity index (χ4n) is 4.46. The van der Waals surface area contributed by atoms with Gasteiger partial charge in [0.2, 0.25) is 0 Å². The molecule has 1 aromatic heterocycles.